The number of nitrogens with one attached hydrogen (secondary N) is 2. The zero-order valence-corrected chi connectivity index (χ0v) is 20.5. The molecule has 0 bridgehead atoms. The largest absolute Gasteiger partial charge is 0.497 e. The second-order valence-corrected chi connectivity index (χ2v) is 8.77. The number of carbonyl (C=O) groups excluding carboxylic acids is 2. The van der Waals surface area contributed by atoms with Crippen LogP contribution < -0.4 is 15.4 Å². The first-order chi connectivity index (χ1) is 17.4. The Bertz CT molecular complexity index is 1370. The number of rotatable bonds is 9. The van der Waals surface area contributed by atoms with Gasteiger partial charge in [0.05, 0.1) is 19.4 Å². The molecule has 0 spiro atoms. The third-order valence-electron chi connectivity index (χ3n) is 5.16. The topological polar surface area (TPSA) is 98.1 Å². The zero-order chi connectivity index (χ0) is 25.5. The average molecular weight is 506 g/mol. The zero-order valence-electron chi connectivity index (χ0n) is 19.7. The molecule has 0 aliphatic carbocycles. The minimum absolute atomic E-state index is 0.0670. The lowest BCUT2D eigenvalue weighted by atomic mass is 10.2. The van der Waals surface area contributed by atoms with Crippen LogP contribution in [-0.2, 0) is 11.3 Å². The van der Waals surface area contributed by atoms with Crippen molar-refractivity contribution in [1.82, 2.24) is 20.1 Å². The molecule has 3 aromatic carbocycles. The summed E-state index contributed by atoms with van der Waals surface area (Å²) in [6.45, 7) is 2.10. The van der Waals surface area contributed by atoms with Gasteiger partial charge in [-0.1, -0.05) is 30.0 Å². The van der Waals surface area contributed by atoms with Crippen molar-refractivity contribution in [3.8, 4) is 11.4 Å². The first-order valence-corrected chi connectivity index (χ1v) is 12.0. The molecule has 10 heteroatoms. The second kappa shape index (κ2) is 11.5. The molecule has 8 nitrogen and oxygen atoms in total. The van der Waals surface area contributed by atoms with Gasteiger partial charge in [-0.25, -0.2) is 4.39 Å². The standard InChI is InChI=1S/C26H24FN5O3S/c1-17-5-3-7-21(13-17)32-23(15-28-25(34)18-6-4-8-22(14-18)35-2)30-31-26(32)36-16-24(33)29-20-11-9-19(27)10-12-20/h3-14H,15-16H2,1-2H3,(H,28,34)(H,29,33). The number of halogens is 1. The summed E-state index contributed by atoms with van der Waals surface area (Å²) in [7, 11) is 1.54. The van der Waals surface area contributed by atoms with Gasteiger partial charge in [-0.15, -0.1) is 10.2 Å². The Hall–Kier alpha value is -4.18. The number of carbonyl (C=O) groups is 2. The maximum absolute atomic E-state index is 13.1. The van der Waals surface area contributed by atoms with Crippen LogP contribution in [0.15, 0.2) is 78.0 Å². The number of nitrogens with zero attached hydrogens (tertiary/aromatic N) is 3. The van der Waals surface area contributed by atoms with Crippen LogP contribution in [0.2, 0.25) is 0 Å². The Kier molecular flexibility index (Phi) is 7.96. The highest BCUT2D eigenvalue weighted by Gasteiger charge is 2.17. The molecular weight excluding hydrogens is 481 g/mol. The SMILES string of the molecule is COc1cccc(C(=O)NCc2nnc(SCC(=O)Nc3ccc(F)cc3)n2-c2cccc(C)c2)c1. The molecule has 2 N–H and O–H groups in total. The third kappa shape index (κ3) is 6.28. The summed E-state index contributed by atoms with van der Waals surface area (Å²) in [5.41, 5.74) is 2.82. The molecule has 0 unspecified atom stereocenters. The second-order valence-electron chi connectivity index (χ2n) is 7.83. The minimum Gasteiger partial charge on any atom is -0.497 e. The van der Waals surface area contributed by atoms with Crippen molar-refractivity contribution in [1.29, 1.82) is 0 Å². The van der Waals surface area contributed by atoms with Crippen LogP contribution in [0, 0.1) is 12.7 Å². The van der Waals surface area contributed by atoms with Crippen molar-refractivity contribution in [2.75, 3.05) is 18.2 Å². The number of hydrogen-bond acceptors (Lipinski definition) is 6. The van der Waals surface area contributed by atoms with Crippen molar-refractivity contribution in [2.45, 2.75) is 18.6 Å². The Morgan fingerprint density at radius 2 is 1.81 bits per heavy atom. The number of amides is 2. The highest BCUT2D eigenvalue weighted by atomic mass is 32.2. The molecule has 1 aromatic heterocycles. The number of thioether (sulfide) groups is 1. The molecule has 36 heavy (non-hydrogen) atoms. The highest BCUT2D eigenvalue weighted by molar-refractivity contribution is 7.99. The van der Waals surface area contributed by atoms with Gasteiger partial charge in [-0.05, 0) is 67.1 Å². The number of hydrogen-bond donors (Lipinski definition) is 2. The molecule has 4 aromatic rings. The van der Waals surface area contributed by atoms with Crippen LogP contribution in [0.5, 0.6) is 5.75 Å². The summed E-state index contributed by atoms with van der Waals surface area (Å²) >= 11 is 1.21. The smallest absolute Gasteiger partial charge is 0.251 e. The van der Waals surface area contributed by atoms with Gasteiger partial charge < -0.3 is 15.4 Å². The van der Waals surface area contributed by atoms with Crippen LogP contribution in [-0.4, -0.2) is 39.4 Å². The number of ether oxygens (including phenoxy) is 1. The highest BCUT2D eigenvalue weighted by Crippen LogP contribution is 2.23. The number of aryl methyl sites for hydroxylation is 1. The summed E-state index contributed by atoms with van der Waals surface area (Å²) in [5, 5.41) is 14.6. The molecule has 0 saturated heterocycles. The molecule has 1 heterocycles. The van der Waals surface area contributed by atoms with Gasteiger partial charge in [-0.2, -0.15) is 0 Å². The average Bonchev–Trinajstić information content (AvgIpc) is 3.30. The van der Waals surface area contributed by atoms with Crippen LogP contribution in [0.25, 0.3) is 5.69 Å². The van der Waals surface area contributed by atoms with E-state index in [9.17, 15) is 14.0 Å². The van der Waals surface area contributed by atoms with Crippen LogP contribution >= 0.6 is 11.8 Å². The van der Waals surface area contributed by atoms with Crippen LogP contribution in [0.1, 0.15) is 21.7 Å². The van der Waals surface area contributed by atoms with E-state index in [0.717, 1.165) is 11.3 Å². The van der Waals surface area contributed by atoms with Gasteiger partial charge in [0.15, 0.2) is 11.0 Å². The first kappa shape index (κ1) is 24.9. The Balaban J connectivity index is 1.50. The molecule has 0 radical (unpaired) electrons. The van der Waals surface area contributed by atoms with Crippen molar-refractivity contribution in [3.05, 3.63) is 95.6 Å². The molecule has 0 aliphatic rings. The lowest BCUT2D eigenvalue weighted by molar-refractivity contribution is -0.113. The summed E-state index contributed by atoms with van der Waals surface area (Å²) in [6.07, 6.45) is 0. The molecule has 0 aliphatic heterocycles. The first-order valence-electron chi connectivity index (χ1n) is 11.0. The predicted molar refractivity (Wildman–Crippen MR) is 136 cm³/mol. The summed E-state index contributed by atoms with van der Waals surface area (Å²) in [4.78, 5) is 25.2. The molecule has 4 rings (SSSR count). The van der Waals surface area contributed by atoms with Gasteiger partial charge in [-0.3, -0.25) is 14.2 Å². The van der Waals surface area contributed by atoms with Gasteiger partial charge in [0.1, 0.15) is 11.6 Å². The van der Waals surface area contributed by atoms with Gasteiger partial charge in [0, 0.05) is 16.9 Å². The molecule has 184 valence electrons. The Morgan fingerprint density at radius 1 is 1.03 bits per heavy atom. The van der Waals surface area contributed by atoms with E-state index in [4.69, 9.17) is 4.74 Å². The number of benzene rings is 3. The van der Waals surface area contributed by atoms with E-state index >= 15 is 0 Å². The molecule has 0 atom stereocenters. The molecule has 0 saturated carbocycles. The van der Waals surface area contributed by atoms with Crippen LogP contribution in [0.4, 0.5) is 10.1 Å². The van der Waals surface area contributed by atoms with E-state index in [1.807, 2.05) is 35.8 Å². The lowest BCUT2D eigenvalue weighted by Gasteiger charge is -2.12. The molecular formula is C26H24FN5O3S. The van der Waals surface area contributed by atoms with Crippen molar-refractivity contribution < 1.29 is 18.7 Å². The van der Waals surface area contributed by atoms with Crippen molar-refractivity contribution in [3.63, 3.8) is 0 Å². The van der Waals surface area contributed by atoms with E-state index < -0.39 is 0 Å². The fourth-order valence-corrected chi connectivity index (χ4v) is 4.19. The monoisotopic (exact) mass is 505 g/mol. The fraction of sp³-hybridized carbons (Fsp3) is 0.154. The van der Waals surface area contributed by atoms with Crippen LogP contribution in [0.3, 0.4) is 0 Å². The number of methoxy groups -OCH3 is 1. The summed E-state index contributed by atoms with van der Waals surface area (Å²) in [6, 6.07) is 20.2. The third-order valence-corrected chi connectivity index (χ3v) is 6.09. The Morgan fingerprint density at radius 3 is 2.56 bits per heavy atom. The van der Waals surface area contributed by atoms with E-state index in [0.29, 0.717) is 28.0 Å². The predicted octanol–water partition coefficient (Wildman–Crippen LogP) is 4.38. The van der Waals surface area contributed by atoms with E-state index in [-0.39, 0.29) is 29.9 Å². The van der Waals surface area contributed by atoms with E-state index in [2.05, 4.69) is 20.8 Å². The van der Waals surface area contributed by atoms with Gasteiger partial charge in [0.2, 0.25) is 5.91 Å². The van der Waals surface area contributed by atoms with Crippen molar-refractivity contribution in [2.24, 2.45) is 0 Å². The molecule has 0 fully saturated rings. The fourth-order valence-electron chi connectivity index (χ4n) is 3.42. The summed E-state index contributed by atoms with van der Waals surface area (Å²) in [5.74, 6) is 0.247. The summed E-state index contributed by atoms with van der Waals surface area (Å²) < 4.78 is 20.1. The maximum Gasteiger partial charge on any atom is 0.251 e. The number of anilines is 1. The van der Waals surface area contributed by atoms with Crippen molar-refractivity contribution >= 4 is 29.3 Å². The normalized spacial score (nSPS) is 10.6. The quantitative estimate of drug-likeness (QED) is 0.328. The Labute approximate surface area is 211 Å². The molecule has 2 amide bonds. The van der Waals surface area contributed by atoms with E-state index in [1.165, 1.54) is 36.0 Å². The maximum atomic E-state index is 13.1. The number of aromatic nitrogens is 3. The van der Waals surface area contributed by atoms with E-state index in [1.54, 1.807) is 31.4 Å². The lowest BCUT2D eigenvalue weighted by Crippen LogP contribution is -2.24. The minimum atomic E-state index is -0.375. The van der Waals surface area contributed by atoms with Gasteiger partial charge >= 0.3 is 0 Å². The van der Waals surface area contributed by atoms with Gasteiger partial charge in [0.25, 0.3) is 5.91 Å².